The van der Waals surface area contributed by atoms with E-state index in [1.165, 1.54) is 49.5 Å². The Morgan fingerprint density at radius 1 is 0.529 bits per heavy atom. The van der Waals surface area contributed by atoms with Crippen molar-refractivity contribution in [2.75, 3.05) is 0 Å². The summed E-state index contributed by atoms with van der Waals surface area (Å²) in [5, 5.41) is 4.72. The van der Waals surface area contributed by atoms with Crippen LogP contribution in [0.2, 0.25) is 0 Å². The zero-order chi connectivity index (χ0) is 34.0. The van der Waals surface area contributed by atoms with Crippen molar-refractivity contribution < 1.29 is 24.5 Å². The Balaban J connectivity index is 0.000000245. The van der Waals surface area contributed by atoms with Gasteiger partial charge in [-0.1, -0.05) is 78.9 Å². The molecule has 51 heavy (non-hydrogen) atoms. The van der Waals surface area contributed by atoms with Gasteiger partial charge in [-0.05, 0) is 94.5 Å². The van der Waals surface area contributed by atoms with Crippen molar-refractivity contribution in [1.29, 1.82) is 0 Å². The van der Waals surface area contributed by atoms with Gasteiger partial charge in [0.05, 0.1) is 0 Å². The van der Waals surface area contributed by atoms with Gasteiger partial charge in [0.15, 0.2) is 0 Å². The molecule has 0 spiro atoms. The number of fused-ring (bicyclic) bond motifs is 5. The zero-order valence-corrected chi connectivity index (χ0v) is 31.0. The first-order chi connectivity index (χ1) is 24.5. The summed E-state index contributed by atoms with van der Waals surface area (Å²) in [6.07, 6.45) is 3.77. The topological polar surface area (TPSA) is 38.9 Å². The van der Waals surface area contributed by atoms with E-state index in [-0.39, 0.29) is 20.1 Å². The fraction of sp³-hybridized carbons (Fsp3) is 0.0638. The number of benzene rings is 6. The molecule has 0 fully saturated rings. The molecule has 9 aromatic rings. The van der Waals surface area contributed by atoms with E-state index in [0.717, 1.165) is 44.6 Å². The summed E-state index contributed by atoms with van der Waals surface area (Å²) in [5.74, 6) is 0. The van der Waals surface area contributed by atoms with Crippen molar-refractivity contribution in [3.63, 3.8) is 0 Å². The number of hydrogen-bond donors (Lipinski definition) is 0. The van der Waals surface area contributed by atoms with Gasteiger partial charge in [0, 0.05) is 43.3 Å². The number of furan rings is 1. The third-order valence-electron chi connectivity index (χ3n) is 9.21. The van der Waals surface area contributed by atoms with Crippen LogP contribution in [0.3, 0.4) is 0 Å². The molecule has 3 heterocycles. The predicted molar refractivity (Wildman–Crippen MR) is 207 cm³/mol. The smallest absolute Gasteiger partial charge is 0.136 e. The summed E-state index contributed by atoms with van der Waals surface area (Å²) in [6, 6.07) is 54.6. The van der Waals surface area contributed by atoms with Crippen molar-refractivity contribution in [3.05, 3.63) is 181 Å². The first kappa shape index (κ1) is 33.8. The van der Waals surface area contributed by atoms with Gasteiger partial charge in [-0.2, -0.15) is 0 Å². The maximum absolute atomic E-state index is 6.13. The van der Waals surface area contributed by atoms with Gasteiger partial charge in [0.2, 0.25) is 0 Å². The van der Waals surface area contributed by atoms with Crippen LogP contribution in [-0.4, -0.2) is 9.97 Å². The first-order valence-electron chi connectivity index (χ1n) is 16.8. The number of pyridine rings is 2. The molecular formula is C47H34IrN2O-2. The third-order valence-corrected chi connectivity index (χ3v) is 9.21. The summed E-state index contributed by atoms with van der Waals surface area (Å²) in [7, 11) is 0. The summed E-state index contributed by atoms with van der Waals surface area (Å²) in [4.78, 5) is 9.03. The van der Waals surface area contributed by atoms with Crippen LogP contribution in [0.25, 0.3) is 77.5 Å². The van der Waals surface area contributed by atoms with Crippen LogP contribution in [0.5, 0.6) is 0 Å². The largest absolute Gasteiger partial charge is 0.456 e. The second-order valence-corrected chi connectivity index (χ2v) is 12.6. The second-order valence-electron chi connectivity index (χ2n) is 12.6. The Morgan fingerprint density at radius 2 is 1.31 bits per heavy atom. The second kappa shape index (κ2) is 14.7. The van der Waals surface area contributed by atoms with Crippen LogP contribution in [0, 0.1) is 32.9 Å². The van der Waals surface area contributed by atoms with Crippen LogP contribution in [0.4, 0.5) is 0 Å². The van der Waals surface area contributed by atoms with Crippen LogP contribution in [0.1, 0.15) is 16.7 Å². The van der Waals surface area contributed by atoms with E-state index < -0.39 is 0 Å². The monoisotopic (exact) mass is 835 g/mol. The van der Waals surface area contributed by atoms with E-state index in [9.17, 15) is 0 Å². The molecule has 0 bridgehead atoms. The molecule has 1 radical (unpaired) electrons. The Morgan fingerprint density at radius 3 is 2.12 bits per heavy atom. The maximum Gasteiger partial charge on any atom is 0.136 e. The van der Waals surface area contributed by atoms with Crippen molar-refractivity contribution >= 4 is 32.7 Å². The molecule has 0 aliphatic heterocycles. The molecule has 0 amide bonds. The van der Waals surface area contributed by atoms with Gasteiger partial charge < -0.3 is 14.4 Å². The van der Waals surface area contributed by atoms with Crippen LogP contribution < -0.4 is 0 Å². The van der Waals surface area contributed by atoms with Crippen molar-refractivity contribution in [3.8, 4) is 44.8 Å². The Hall–Kier alpha value is -5.67. The van der Waals surface area contributed by atoms with Crippen LogP contribution in [-0.2, 0) is 20.1 Å². The Labute approximate surface area is 312 Å². The molecule has 3 aromatic heterocycles. The van der Waals surface area contributed by atoms with E-state index >= 15 is 0 Å². The van der Waals surface area contributed by atoms with E-state index in [1.54, 1.807) is 0 Å². The summed E-state index contributed by atoms with van der Waals surface area (Å²) >= 11 is 0. The number of nitrogens with zero attached hydrogens (tertiary/aromatic N) is 2. The van der Waals surface area contributed by atoms with Gasteiger partial charge in [-0.15, -0.1) is 71.3 Å². The zero-order valence-electron chi connectivity index (χ0n) is 28.6. The molecule has 249 valence electrons. The van der Waals surface area contributed by atoms with E-state index in [0.29, 0.717) is 0 Å². The minimum Gasteiger partial charge on any atom is -0.456 e. The van der Waals surface area contributed by atoms with Crippen molar-refractivity contribution in [1.82, 2.24) is 9.97 Å². The molecule has 0 unspecified atom stereocenters. The number of para-hydroxylation sites is 1. The number of rotatable bonds is 4. The van der Waals surface area contributed by atoms with E-state index in [1.807, 2.05) is 67.8 Å². The molecule has 0 atom stereocenters. The minimum atomic E-state index is 0. The van der Waals surface area contributed by atoms with Gasteiger partial charge in [-0.3, -0.25) is 0 Å². The van der Waals surface area contributed by atoms with Crippen LogP contribution >= 0.6 is 0 Å². The molecule has 0 aliphatic rings. The predicted octanol–water partition coefficient (Wildman–Crippen LogP) is 12.4. The molecule has 0 aliphatic carbocycles. The molecule has 4 heteroatoms. The van der Waals surface area contributed by atoms with Gasteiger partial charge in [-0.25, -0.2) is 0 Å². The maximum atomic E-state index is 6.13. The van der Waals surface area contributed by atoms with Crippen LogP contribution in [0.15, 0.2) is 156 Å². The normalized spacial score (nSPS) is 10.9. The fourth-order valence-corrected chi connectivity index (χ4v) is 6.80. The molecule has 0 saturated carbocycles. The molecule has 0 saturated heterocycles. The Bertz CT molecular complexity index is 2600. The number of aryl methyl sites for hydroxylation is 3. The van der Waals surface area contributed by atoms with Gasteiger partial charge in [0.1, 0.15) is 11.2 Å². The molecule has 3 nitrogen and oxygen atoms in total. The average molecular weight is 835 g/mol. The summed E-state index contributed by atoms with van der Waals surface area (Å²) in [6.45, 7) is 6.36. The molecule has 0 N–H and O–H groups in total. The first-order valence-corrected chi connectivity index (χ1v) is 16.8. The summed E-state index contributed by atoms with van der Waals surface area (Å²) < 4.78 is 6.13. The molecular weight excluding hydrogens is 801 g/mol. The van der Waals surface area contributed by atoms with E-state index in [2.05, 4.69) is 122 Å². The summed E-state index contributed by atoms with van der Waals surface area (Å²) in [5.41, 5.74) is 14.3. The van der Waals surface area contributed by atoms with E-state index in [4.69, 9.17) is 9.40 Å². The van der Waals surface area contributed by atoms with Crippen molar-refractivity contribution in [2.45, 2.75) is 20.8 Å². The molecule has 6 aromatic carbocycles. The molecule has 9 rings (SSSR count). The fourth-order valence-electron chi connectivity index (χ4n) is 6.80. The average Bonchev–Trinajstić information content (AvgIpc) is 3.55. The standard InChI is InChI=1S/C35H24NO.C12H10N.Ir/c1-22-8-5-9-23(2)34(22)26-18-19-36-31(21-26)25-11-6-10-24(20-25)27-13-7-14-29-28(27)16-17-33-35(29)30-12-3-4-15-32(30)37-33;1-10-7-8-12(13-9-10)11-5-3-2-4-6-11;/h3-10,12-21H,1-2H3;2-5,7-9H,1H3;/q2*-1;. The van der Waals surface area contributed by atoms with Gasteiger partial charge in [0.25, 0.3) is 0 Å². The van der Waals surface area contributed by atoms with Gasteiger partial charge >= 0.3 is 0 Å². The van der Waals surface area contributed by atoms with Crippen molar-refractivity contribution in [2.24, 2.45) is 0 Å². The number of aromatic nitrogens is 2. The quantitative estimate of drug-likeness (QED) is 0.166. The third kappa shape index (κ3) is 6.77. The Kier molecular flexibility index (Phi) is 9.72. The SMILES string of the molecule is Cc1ccc(-c2[c-]cccc2)nc1.Cc1cccc(C)c1-c1ccnc(-c2[c-]ccc(-c3cccc4c3ccc3oc5ccccc5c34)c2)c1.[Ir]. The minimum absolute atomic E-state index is 0. The number of hydrogen-bond acceptors (Lipinski definition) is 3.